The van der Waals surface area contributed by atoms with Crippen LogP contribution in [0.2, 0.25) is 0 Å². The van der Waals surface area contributed by atoms with Gasteiger partial charge < -0.3 is 15.3 Å². The fourth-order valence-corrected chi connectivity index (χ4v) is 2.51. The number of anilines is 3. The Hall–Kier alpha value is -3.27. The van der Waals surface area contributed by atoms with Crippen LogP contribution in [0.5, 0.6) is 5.75 Å². The fourth-order valence-electron chi connectivity index (χ4n) is 2.51. The second-order valence-corrected chi connectivity index (χ2v) is 5.83. The van der Waals surface area contributed by atoms with E-state index in [0.29, 0.717) is 6.42 Å². The lowest BCUT2D eigenvalue weighted by atomic mass is 10.1. The van der Waals surface area contributed by atoms with Crippen molar-refractivity contribution in [2.75, 3.05) is 17.3 Å². The third-order valence-electron chi connectivity index (χ3n) is 3.98. The van der Waals surface area contributed by atoms with Crippen molar-refractivity contribution in [2.24, 2.45) is 0 Å². The van der Waals surface area contributed by atoms with E-state index < -0.39 is 0 Å². The molecule has 0 aliphatic rings. The zero-order chi connectivity index (χ0) is 17.6. The van der Waals surface area contributed by atoms with Gasteiger partial charge in [-0.3, -0.25) is 4.79 Å². The smallest absolute Gasteiger partial charge is 0.231 e. The van der Waals surface area contributed by atoms with E-state index in [0.717, 1.165) is 22.6 Å². The zero-order valence-corrected chi connectivity index (χ0v) is 14.0. The van der Waals surface area contributed by atoms with E-state index in [4.69, 9.17) is 0 Å². The van der Waals surface area contributed by atoms with Crippen molar-refractivity contribution in [1.82, 2.24) is 0 Å². The second kappa shape index (κ2) is 7.53. The van der Waals surface area contributed by atoms with Gasteiger partial charge in [0.15, 0.2) is 0 Å². The minimum absolute atomic E-state index is 0.00513. The predicted molar refractivity (Wildman–Crippen MR) is 101 cm³/mol. The average molecular weight is 332 g/mol. The van der Waals surface area contributed by atoms with Gasteiger partial charge in [-0.05, 0) is 54.1 Å². The lowest BCUT2D eigenvalue weighted by Crippen LogP contribution is -2.27. The Morgan fingerprint density at radius 2 is 1.48 bits per heavy atom. The number of amides is 1. The topological polar surface area (TPSA) is 52.6 Å². The molecule has 2 N–H and O–H groups in total. The van der Waals surface area contributed by atoms with Gasteiger partial charge in [0.05, 0.1) is 6.42 Å². The molecule has 0 aliphatic carbocycles. The molecular formula is C21H20N2O2. The highest BCUT2D eigenvalue weighted by atomic mass is 16.3. The van der Waals surface area contributed by atoms with Crippen molar-refractivity contribution in [2.45, 2.75) is 6.42 Å². The normalized spacial score (nSPS) is 10.3. The molecular weight excluding hydrogens is 312 g/mol. The predicted octanol–water partition coefficient (Wildman–Crippen LogP) is 4.34. The number of rotatable bonds is 5. The first-order valence-corrected chi connectivity index (χ1v) is 8.08. The number of aromatic hydroxyl groups is 1. The highest BCUT2D eigenvalue weighted by molar-refractivity contribution is 5.94. The first-order chi connectivity index (χ1) is 12.1. The van der Waals surface area contributed by atoms with Crippen molar-refractivity contribution in [3.8, 4) is 5.75 Å². The molecule has 0 bridgehead atoms. The lowest BCUT2D eigenvalue weighted by molar-refractivity contribution is -0.117. The second-order valence-electron chi connectivity index (χ2n) is 5.83. The molecule has 0 saturated heterocycles. The van der Waals surface area contributed by atoms with Gasteiger partial charge in [0, 0.05) is 24.1 Å². The van der Waals surface area contributed by atoms with Crippen LogP contribution in [0.25, 0.3) is 0 Å². The number of benzene rings is 3. The molecule has 126 valence electrons. The van der Waals surface area contributed by atoms with E-state index >= 15 is 0 Å². The van der Waals surface area contributed by atoms with Gasteiger partial charge in [-0.15, -0.1) is 0 Å². The molecule has 3 aromatic rings. The third kappa shape index (κ3) is 4.38. The van der Waals surface area contributed by atoms with Gasteiger partial charge in [-0.2, -0.15) is 0 Å². The summed E-state index contributed by atoms with van der Waals surface area (Å²) in [5, 5.41) is 12.6. The number of hydrogen-bond acceptors (Lipinski definition) is 3. The maximum Gasteiger partial charge on any atom is 0.231 e. The molecule has 0 unspecified atom stereocenters. The quantitative estimate of drug-likeness (QED) is 0.731. The molecule has 4 heteroatoms. The molecule has 0 atom stereocenters. The van der Waals surface area contributed by atoms with Crippen LogP contribution < -0.4 is 10.2 Å². The maximum absolute atomic E-state index is 12.4. The molecule has 0 aromatic heterocycles. The van der Waals surface area contributed by atoms with Crippen LogP contribution in [0.4, 0.5) is 17.1 Å². The van der Waals surface area contributed by atoms with Crippen LogP contribution in [-0.4, -0.2) is 18.1 Å². The number of para-hydroxylation sites is 1. The highest BCUT2D eigenvalue weighted by Crippen LogP contribution is 2.21. The maximum atomic E-state index is 12.4. The summed E-state index contributed by atoms with van der Waals surface area (Å²) in [5.74, 6) is 0.195. The van der Waals surface area contributed by atoms with Gasteiger partial charge in [0.2, 0.25) is 5.91 Å². The standard InChI is InChI=1S/C21H20N2O2/c1-23(21(25)15-16-7-13-20(24)14-8-16)19-11-9-18(10-12-19)22-17-5-3-2-4-6-17/h2-14,22,24H,15H2,1H3. The summed E-state index contributed by atoms with van der Waals surface area (Å²) in [6, 6.07) is 24.4. The molecule has 0 spiro atoms. The van der Waals surface area contributed by atoms with E-state index in [1.54, 1.807) is 36.2 Å². The van der Waals surface area contributed by atoms with Crippen LogP contribution in [0, 0.1) is 0 Å². The fraction of sp³-hybridized carbons (Fsp3) is 0.0952. The monoisotopic (exact) mass is 332 g/mol. The molecule has 4 nitrogen and oxygen atoms in total. The Bertz CT molecular complexity index is 828. The number of carbonyl (C=O) groups excluding carboxylic acids is 1. The minimum Gasteiger partial charge on any atom is -0.508 e. The van der Waals surface area contributed by atoms with E-state index in [9.17, 15) is 9.90 Å². The Morgan fingerprint density at radius 1 is 0.880 bits per heavy atom. The summed E-state index contributed by atoms with van der Waals surface area (Å²) in [6.07, 6.45) is 0.292. The van der Waals surface area contributed by atoms with Crippen molar-refractivity contribution in [3.05, 3.63) is 84.4 Å². The molecule has 0 fully saturated rings. The van der Waals surface area contributed by atoms with E-state index in [-0.39, 0.29) is 11.7 Å². The summed E-state index contributed by atoms with van der Waals surface area (Å²) >= 11 is 0. The first-order valence-electron chi connectivity index (χ1n) is 8.08. The lowest BCUT2D eigenvalue weighted by Gasteiger charge is -2.18. The van der Waals surface area contributed by atoms with E-state index in [2.05, 4.69) is 5.32 Å². The highest BCUT2D eigenvalue weighted by Gasteiger charge is 2.11. The van der Waals surface area contributed by atoms with Gasteiger partial charge >= 0.3 is 0 Å². The van der Waals surface area contributed by atoms with Gasteiger partial charge in [-0.1, -0.05) is 30.3 Å². The minimum atomic E-state index is -0.00513. The van der Waals surface area contributed by atoms with Crippen LogP contribution >= 0.6 is 0 Å². The van der Waals surface area contributed by atoms with E-state index in [1.165, 1.54) is 0 Å². The van der Waals surface area contributed by atoms with Crippen LogP contribution in [0.3, 0.4) is 0 Å². The third-order valence-corrected chi connectivity index (χ3v) is 3.98. The largest absolute Gasteiger partial charge is 0.508 e. The summed E-state index contributed by atoms with van der Waals surface area (Å²) < 4.78 is 0. The molecule has 0 saturated carbocycles. The van der Waals surface area contributed by atoms with Crippen molar-refractivity contribution >= 4 is 23.0 Å². The Morgan fingerprint density at radius 3 is 2.12 bits per heavy atom. The number of phenols is 1. The van der Waals surface area contributed by atoms with Crippen molar-refractivity contribution in [1.29, 1.82) is 0 Å². The van der Waals surface area contributed by atoms with Crippen LogP contribution in [-0.2, 0) is 11.2 Å². The summed E-state index contributed by atoms with van der Waals surface area (Å²) in [6.45, 7) is 0. The molecule has 0 heterocycles. The number of nitrogens with one attached hydrogen (secondary N) is 1. The Balaban J connectivity index is 1.64. The Kier molecular flexibility index (Phi) is 5.00. The molecule has 0 radical (unpaired) electrons. The number of hydrogen-bond donors (Lipinski definition) is 2. The Labute approximate surface area is 147 Å². The summed E-state index contributed by atoms with van der Waals surface area (Å²) in [4.78, 5) is 14.1. The van der Waals surface area contributed by atoms with Crippen molar-refractivity contribution < 1.29 is 9.90 Å². The number of likely N-dealkylation sites (N-methyl/N-ethyl adjacent to an activating group) is 1. The van der Waals surface area contributed by atoms with Crippen LogP contribution in [0.15, 0.2) is 78.9 Å². The molecule has 3 aromatic carbocycles. The SMILES string of the molecule is CN(C(=O)Cc1ccc(O)cc1)c1ccc(Nc2ccccc2)cc1. The number of carbonyl (C=O) groups is 1. The van der Waals surface area contributed by atoms with Crippen molar-refractivity contribution in [3.63, 3.8) is 0 Å². The molecule has 3 rings (SSSR count). The molecule has 25 heavy (non-hydrogen) atoms. The number of nitrogens with zero attached hydrogens (tertiary/aromatic N) is 1. The zero-order valence-electron chi connectivity index (χ0n) is 14.0. The van der Waals surface area contributed by atoms with Gasteiger partial charge in [0.25, 0.3) is 0 Å². The molecule has 0 aliphatic heterocycles. The van der Waals surface area contributed by atoms with Gasteiger partial charge in [-0.25, -0.2) is 0 Å². The number of phenolic OH excluding ortho intramolecular Hbond substituents is 1. The van der Waals surface area contributed by atoms with Gasteiger partial charge in [0.1, 0.15) is 5.75 Å². The first kappa shape index (κ1) is 16.6. The summed E-state index contributed by atoms with van der Waals surface area (Å²) in [7, 11) is 1.77. The summed E-state index contributed by atoms with van der Waals surface area (Å²) in [5.41, 5.74) is 3.70. The van der Waals surface area contributed by atoms with E-state index in [1.807, 2.05) is 54.6 Å². The van der Waals surface area contributed by atoms with Crippen LogP contribution in [0.1, 0.15) is 5.56 Å². The molecule has 1 amide bonds. The average Bonchev–Trinajstić information content (AvgIpc) is 2.64.